The molecule has 0 aliphatic rings. The number of nitrogens with zero attached hydrogens (tertiary/aromatic N) is 2. The van der Waals surface area contributed by atoms with Crippen molar-refractivity contribution in [3.63, 3.8) is 0 Å². The SMILES string of the molecule is FC(F)(F)C(F)(F)C(F)(F)C(F)(F)C(F)(F)C(F)(F)C(F)(F)C(F)(F)C(F)(F)C(F)(F)C(F)(F)COCc1ccnc(-c2cc(COCC(F)(F)C(F)(F)C(F)(F)C(F)(F)C(F)(F)C(F)(F)C(F)(F)C(F)(F)C(F)(F)C(F)(F)C(F)(F)F)ccn2)c1. The molecule has 2 aromatic rings. The molecule has 0 aliphatic carbocycles. The summed E-state index contributed by atoms with van der Waals surface area (Å²) in [6.07, 6.45) is -15.9. The summed E-state index contributed by atoms with van der Waals surface area (Å²) in [5.74, 6) is -182. The normalized spacial score (nSPS) is 16.3. The van der Waals surface area contributed by atoms with Gasteiger partial charge in [-0.1, -0.05) is 0 Å². The summed E-state index contributed by atoms with van der Waals surface area (Å²) in [4.78, 5) is 6.71. The highest BCUT2D eigenvalue weighted by atomic mass is 19.5. The quantitative estimate of drug-likeness (QED) is 0.0836. The molecule has 0 N–H and O–H groups in total. The Morgan fingerprint density at radius 1 is 0.233 bits per heavy atom. The van der Waals surface area contributed by atoms with Crippen LogP contribution in [0.4, 0.5) is 202 Å². The van der Waals surface area contributed by atoms with Crippen molar-refractivity contribution in [3.8, 4) is 11.4 Å². The Bertz CT molecular complexity index is 2520. The van der Waals surface area contributed by atoms with E-state index in [0.29, 0.717) is 24.5 Å². The molecule has 4 nitrogen and oxygen atoms in total. The average Bonchev–Trinajstić information content (AvgIpc) is 0.710. The number of rotatable bonds is 27. The van der Waals surface area contributed by atoms with Crippen molar-refractivity contribution in [2.24, 2.45) is 0 Å². The lowest BCUT2D eigenvalue weighted by Gasteiger charge is -2.45. The largest absolute Gasteiger partial charge is 0.460 e. The van der Waals surface area contributed by atoms with Crippen molar-refractivity contribution in [2.75, 3.05) is 13.2 Å². The maximum absolute atomic E-state index is 14.4. The molecule has 0 bridgehead atoms. The molecule has 0 unspecified atom stereocenters. The van der Waals surface area contributed by atoms with E-state index in [4.69, 9.17) is 0 Å². The van der Waals surface area contributed by atoms with E-state index in [0.717, 1.165) is 0 Å². The van der Waals surface area contributed by atoms with Gasteiger partial charge in [-0.2, -0.15) is 202 Å². The Morgan fingerprint density at radius 2 is 0.395 bits per heavy atom. The van der Waals surface area contributed by atoms with Gasteiger partial charge in [-0.25, -0.2) is 0 Å². The predicted octanol–water partition coefficient (Wildman–Crippen LogP) is 17.0. The molecule has 502 valence electrons. The van der Waals surface area contributed by atoms with Gasteiger partial charge in [-0.05, 0) is 35.4 Å². The number of halogens is 46. The fraction of sp³-hybridized carbons (Fsp3) is 0.722. The summed E-state index contributed by atoms with van der Waals surface area (Å²) < 4.78 is 638. The minimum Gasteiger partial charge on any atom is -0.370 e. The zero-order valence-corrected chi connectivity index (χ0v) is 38.4. The van der Waals surface area contributed by atoms with E-state index in [-0.39, 0.29) is 12.1 Å². The molecule has 0 spiro atoms. The summed E-state index contributed by atoms with van der Waals surface area (Å²) in [5.41, 5.74) is -3.81. The van der Waals surface area contributed by atoms with Gasteiger partial charge in [0.15, 0.2) is 0 Å². The van der Waals surface area contributed by atoms with E-state index < -0.39 is 180 Å². The number of pyridine rings is 2. The molecular weight excluding hydrogens is 1370 g/mol. The first kappa shape index (κ1) is 77.1. The molecule has 0 atom stereocenters. The monoisotopic (exact) mass is 1380 g/mol. The summed E-state index contributed by atoms with van der Waals surface area (Å²) in [5, 5.41) is 0. The number of ether oxygens (including phenoxy) is 2. The van der Waals surface area contributed by atoms with E-state index in [1.54, 1.807) is 0 Å². The third kappa shape index (κ3) is 10.6. The van der Waals surface area contributed by atoms with Crippen LogP contribution in [0.25, 0.3) is 11.4 Å². The molecule has 2 aromatic heterocycles. The van der Waals surface area contributed by atoms with Crippen LogP contribution >= 0.6 is 0 Å². The Labute approximate surface area is 438 Å². The molecule has 0 saturated heterocycles. The van der Waals surface area contributed by atoms with Crippen LogP contribution in [0, 0.1) is 0 Å². The second kappa shape index (κ2) is 21.3. The molecule has 0 saturated carbocycles. The maximum atomic E-state index is 14.4. The van der Waals surface area contributed by atoms with Crippen molar-refractivity contribution in [2.45, 2.75) is 144 Å². The lowest BCUT2D eigenvalue weighted by molar-refractivity contribution is -0.479. The Kier molecular flexibility index (Phi) is 19.1. The van der Waals surface area contributed by atoms with Gasteiger partial charge in [-0.15, -0.1) is 0 Å². The number of alkyl halides is 46. The third-order valence-electron chi connectivity index (χ3n) is 11.0. The summed E-state index contributed by atoms with van der Waals surface area (Å²) in [6.45, 7) is -11.2. The van der Waals surface area contributed by atoms with Crippen molar-refractivity contribution in [1.29, 1.82) is 0 Å². The molecular formula is C36H14F46N2O2. The van der Waals surface area contributed by atoms with Crippen LogP contribution in [0.3, 0.4) is 0 Å². The number of aromatic nitrogens is 2. The summed E-state index contributed by atoms with van der Waals surface area (Å²) in [6, 6.07) is 1.35. The van der Waals surface area contributed by atoms with E-state index in [9.17, 15) is 202 Å². The van der Waals surface area contributed by atoms with E-state index in [2.05, 4.69) is 19.4 Å². The molecule has 0 fully saturated rings. The Hall–Kier alpha value is -5.00. The van der Waals surface area contributed by atoms with Crippen LogP contribution < -0.4 is 0 Å². The third-order valence-corrected chi connectivity index (χ3v) is 11.0. The smallest absolute Gasteiger partial charge is 0.370 e. The molecule has 86 heavy (non-hydrogen) atoms. The standard InChI is InChI=1S/C36H14F46N2O2/c37-15(38,17(41,42)19(45,46)21(49,50)23(53,54)25(57,58)27(61,62)29(65,66)31(69,70)33(73,74)35(77,78)79)9-85-7-11-1-3-83-13(5-11)14-6-12(2-4-84-14)8-86-10-16(39,40)18(43,44)20(47,48)22(51,52)24(55,56)26(59,60)28(63,64)30(67,68)32(71,72)34(75,76)36(80,81)82/h1-6H,7-10H2. The highest BCUT2D eigenvalue weighted by Gasteiger charge is 3.01. The lowest BCUT2D eigenvalue weighted by Crippen LogP contribution is -2.77. The second-order valence-electron chi connectivity index (χ2n) is 16.8. The first-order valence-electron chi connectivity index (χ1n) is 19.9. The zero-order chi connectivity index (χ0) is 69.2. The Balaban J connectivity index is 2.41. The molecule has 0 amide bonds. The first-order chi connectivity index (χ1) is 37.1. The van der Waals surface area contributed by atoms with Crippen molar-refractivity contribution in [1.82, 2.24) is 9.97 Å². The number of hydrogen-bond acceptors (Lipinski definition) is 4. The van der Waals surface area contributed by atoms with Gasteiger partial charge in [-0.3, -0.25) is 9.97 Å². The van der Waals surface area contributed by atoms with Gasteiger partial charge in [0.05, 0.1) is 24.6 Å². The van der Waals surface area contributed by atoms with Gasteiger partial charge < -0.3 is 9.47 Å². The van der Waals surface area contributed by atoms with Crippen molar-refractivity contribution < 1.29 is 211 Å². The van der Waals surface area contributed by atoms with Crippen LogP contribution in [0.2, 0.25) is 0 Å². The minimum absolute atomic E-state index is 0.287. The molecule has 2 rings (SSSR count). The van der Waals surface area contributed by atoms with Gasteiger partial charge in [0.2, 0.25) is 0 Å². The predicted molar refractivity (Wildman–Crippen MR) is 178 cm³/mol. The number of hydrogen-bond donors (Lipinski definition) is 0. The van der Waals surface area contributed by atoms with Crippen LogP contribution in [0.5, 0.6) is 0 Å². The first-order valence-corrected chi connectivity index (χ1v) is 19.9. The highest BCUT2D eigenvalue weighted by Crippen LogP contribution is 2.70. The van der Waals surface area contributed by atoms with Gasteiger partial charge in [0, 0.05) is 12.4 Å². The van der Waals surface area contributed by atoms with Gasteiger partial charge in [0.25, 0.3) is 0 Å². The minimum atomic E-state index is -9.70. The van der Waals surface area contributed by atoms with E-state index in [1.807, 2.05) is 0 Å². The second-order valence-corrected chi connectivity index (χ2v) is 16.8. The van der Waals surface area contributed by atoms with Gasteiger partial charge in [0.1, 0.15) is 13.2 Å². The van der Waals surface area contributed by atoms with Gasteiger partial charge >= 0.3 is 131 Å². The molecule has 0 aliphatic heterocycles. The summed E-state index contributed by atoms with van der Waals surface area (Å²) in [7, 11) is 0. The highest BCUT2D eigenvalue weighted by molar-refractivity contribution is 5.55. The van der Waals surface area contributed by atoms with Crippen molar-refractivity contribution in [3.05, 3.63) is 47.8 Å². The van der Waals surface area contributed by atoms with Crippen LogP contribution in [-0.2, 0) is 22.7 Å². The topological polar surface area (TPSA) is 44.2 Å². The average molecular weight is 1380 g/mol. The lowest BCUT2D eigenvalue weighted by atomic mass is 9.85. The van der Waals surface area contributed by atoms with Crippen LogP contribution in [0.15, 0.2) is 36.7 Å². The Morgan fingerprint density at radius 3 is 0.570 bits per heavy atom. The molecule has 0 aromatic carbocycles. The van der Waals surface area contributed by atoms with E-state index >= 15 is 0 Å². The van der Waals surface area contributed by atoms with Crippen LogP contribution in [-0.4, -0.2) is 154 Å². The molecule has 50 heteroatoms. The molecule has 2 heterocycles. The molecule has 0 radical (unpaired) electrons. The zero-order valence-electron chi connectivity index (χ0n) is 38.4. The summed E-state index contributed by atoms with van der Waals surface area (Å²) >= 11 is 0. The fourth-order valence-electron chi connectivity index (χ4n) is 5.76. The fourth-order valence-corrected chi connectivity index (χ4v) is 5.76. The van der Waals surface area contributed by atoms with Crippen LogP contribution in [0.1, 0.15) is 11.1 Å². The van der Waals surface area contributed by atoms with E-state index in [1.165, 1.54) is 0 Å². The van der Waals surface area contributed by atoms with Crippen molar-refractivity contribution >= 4 is 0 Å². The maximum Gasteiger partial charge on any atom is 0.460 e.